The first-order chi connectivity index (χ1) is 6.15. The maximum atomic E-state index is 9.00. The molecule has 1 heterocycles. The number of pyridine rings is 1. The number of aliphatic hydroxyl groups excluding tert-OH is 1. The van der Waals surface area contributed by atoms with Gasteiger partial charge in [-0.1, -0.05) is 6.07 Å². The summed E-state index contributed by atoms with van der Waals surface area (Å²) in [7, 11) is 0. The molecular formula is C9H15NO3. The van der Waals surface area contributed by atoms with Crippen molar-refractivity contribution in [2.75, 3.05) is 6.61 Å². The van der Waals surface area contributed by atoms with Crippen LogP contribution in [-0.4, -0.2) is 27.8 Å². The molecule has 0 aliphatic heterocycles. The number of carboxylic acids is 1. The molecule has 1 aromatic rings. The SMILES string of the molecule is CC(=O)O.CCO.c1ccncc1. The second kappa shape index (κ2) is 13.2. The van der Waals surface area contributed by atoms with Crippen LogP contribution in [-0.2, 0) is 4.79 Å². The van der Waals surface area contributed by atoms with Gasteiger partial charge >= 0.3 is 0 Å². The Bertz CT molecular complexity index is 159. The molecule has 0 unspecified atom stereocenters. The van der Waals surface area contributed by atoms with Crippen molar-refractivity contribution in [1.29, 1.82) is 0 Å². The normalized spacial score (nSPS) is 7.00. The van der Waals surface area contributed by atoms with Gasteiger partial charge in [0, 0.05) is 25.9 Å². The average molecular weight is 185 g/mol. The summed E-state index contributed by atoms with van der Waals surface area (Å²) in [5.41, 5.74) is 0. The van der Waals surface area contributed by atoms with Crippen LogP contribution in [0.2, 0.25) is 0 Å². The van der Waals surface area contributed by atoms with Gasteiger partial charge in [-0.2, -0.15) is 0 Å². The van der Waals surface area contributed by atoms with E-state index in [0.717, 1.165) is 6.92 Å². The maximum Gasteiger partial charge on any atom is 0.300 e. The minimum Gasteiger partial charge on any atom is -0.481 e. The summed E-state index contributed by atoms with van der Waals surface area (Å²) in [5, 5.41) is 15.0. The zero-order valence-corrected chi connectivity index (χ0v) is 7.84. The molecule has 13 heavy (non-hydrogen) atoms. The summed E-state index contributed by atoms with van der Waals surface area (Å²) in [6, 6.07) is 5.72. The molecule has 0 spiro atoms. The molecule has 1 aromatic heterocycles. The fraction of sp³-hybridized carbons (Fsp3) is 0.333. The van der Waals surface area contributed by atoms with E-state index in [1.807, 2.05) is 18.2 Å². The Morgan fingerprint density at radius 2 is 1.62 bits per heavy atom. The molecule has 4 heteroatoms. The third-order valence-corrected chi connectivity index (χ3v) is 0.566. The van der Waals surface area contributed by atoms with E-state index in [2.05, 4.69) is 4.98 Å². The van der Waals surface area contributed by atoms with Crippen LogP contribution < -0.4 is 0 Å². The molecule has 2 N–H and O–H groups in total. The number of aliphatic carboxylic acids is 1. The monoisotopic (exact) mass is 185 g/mol. The molecule has 0 aliphatic rings. The fourth-order valence-corrected chi connectivity index (χ4v) is 0.313. The van der Waals surface area contributed by atoms with Gasteiger partial charge in [0.25, 0.3) is 5.97 Å². The van der Waals surface area contributed by atoms with Crippen LogP contribution in [0.25, 0.3) is 0 Å². The lowest BCUT2D eigenvalue weighted by molar-refractivity contribution is -0.134. The number of hydrogen-bond acceptors (Lipinski definition) is 3. The van der Waals surface area contributed by atoms with Crippen LogP contribution in [0.15, 0.2) is 30.6 Å². The quantitative estimate of drug-likeness (QED) is 0.636. The number of nitrogens with zero attached hydrogens (tertiary/aromatic N) is 1. The van der Waals surface area contributed by atoms with Crippen molar-refractivity contribution in [3.8, 4) is 0 Å². The first-order valence-corrected chi connectivity index (χ1v) is 3.80. The Labute approximate surface area is 77.9 Å². The Morgan fingerprint density at radius 3 is 1.69 bits per heavy atom. The lowest BCUT2D eigenvalue weighted by atomic mass is 10.5. The number of hydrogen-bond donors (Lipinski definition) is 2. The second-order valence-corrected chi connectivity index (χ2v) is 1.86. The van der Waals surface area contributed by atoms with Gasteiger partial charge in [-0.15, -0.1) is 0 Å². The molecule has 0 radical (unpaired) electrons. The minimum absolute atomic E-state index is 0.250. The highest BCUT2D eigenvalue weighted by atomic mass is 16.4. The van der Waals surface area contributed by atoms with E-state index in [9.17, 15) is 0 Å². The Hall–Kier alpha value is -1.42. The Morgan fingerprint density at radius 1 is 1.31 bits per heavy atom. The van der Waals surface area contributed by atoms with Gasteiger partial charge in [-0.25, -0.2) is 0 Å². The average Bonchev–Trinajstić information content (AvgIpc) is 2.08. The number of aliphatic hydroxyl groups is 1. The van der Waals surface area contributed by atoms with Gasteiger partial charge in [0.15, 0.2) is 0 Å². The second-order valence-electron chi connectivity index (χ2n) is 1.86. The smallest absolute Gasteiger partial charge is 0.300 e. The van der Waals surface area contributed by atoms with Crippen LogP contribution in [0, 0.1) is 0 Å². The largest absolute Gasteiger partial charge is 0.481 e. The van der Waals surface area contributed by atoms with Gasteiger partial charge in [0.05, 0.1) is 0 Å². The number of carboxylic acid groups (broad SMARTS) is 1. The Balaban J connectivity index is 0. The maximum absolute atomic E-state index is 9.00. The van der Waals surface area contributed by atoms with Crippen LogP contribution in [0.1, 0.15) is 13.8 Å². The molecule has 0 atom stereocenters. The number of rotatable bonds is 0. The van der Waals surface area contributed by atoms with E-state index >= 15 is 0 Å². The standard InChI is InChI=1S/C5H5N.C2H4O2.C2H6O/c1-2-4-6-5-3-1;1-2(3)4;1-2-3/h1-5H;1H3,(H,3,4);3H,2H2,1H3. The molecule has 0 saturated carbocycles. The van der Waals surface area contributed by atoms with E-state index in [1.165, 1.54) is 0 Å². The molecule has 74 valence electrons. The minimum atomic E-state index is -0.833. The summed E-state index contributed by atoms with van der Waals surface area (Å²) >= 11 is 0. The van der Waals surface area contributed by atoms with Crippen molar-refractivity contribution in [1.82, 2.24) is 4.98 Å². The van der Waals surface area contributed by atoms with Crippen LogP contribution in [0.4, 0.5) is 0 Å². The van der Waals surface area contributed by atoms with Crippen LogP contribution >= 0.6 is 0 Å². The summed E-state index contributed by atoms with van der Waals surface area (Å²) in [5.74, 6) is -0.833. The summed E-state index contributed by atoms with van der Waals surface area (Å²) in [6.45, 7) is 3.01. The molecule has 0 bridgehead atoms. The predicted molar refractivity (Wildman–Crippen MR) is 50.3 cm³/mol. The summed E-state index contributed by atoms with van der Waals surface area (Å²) < 4.78 is 0. The van der Waals surface area contributed by atoms with Gasteiger partial charge in [0.2, 0.25) is 0 Å². The van der Waals surface area contributed by atoms with Gasteiger partial charge in [0.1, 0.15) is 0 Å². The Kier molecular flexibility index (Phi) is 14.3. The first-order valence-electron chi connectivity index (χ1n) is 3.80. The van der Waals surface area contributed by atoms with E-state index in [0.29, 0.717) is 0 Å². The van der Waals surface area contributed by atoms with Crippen molar-refractivity contribution in [2.45, 2.75) is 13.8 Å². The van der Waals surface area contributed by atoms with E-state index in [-0.39, 0.29) is 6.61 Å². The summed E-state index contributed by atoms with van der Waals surface area (Å²) in [6.07, 6.45) is 3.50. The highest BCUT2D eigenvalue weighted by Crippen LogP contribution is 1.73. The highest BCUT2D eigenvalue weighted by molar-refractivity contribution is 5.62. The van der Waals surface area contributed by atoms with E-state index < -0.39 is 5.97 Å². The van der Waals surface area contributed by atoms with Crippen LogP contribution in [0.3, 0.4) is 0 Å². The molecule has 0 saturated heterocycles. The molecule has 0 amide bonds. The fourth-order valence-electron chi connectivity index (χ4n) is 0.313. The van der Waals surface area contributed by atoms with Crippen molar-refractivity contribution in [3.05, 3.63) is 30.6 Å². The predicted octanol–water partition coefficient (Wildman–Crippen LogP) is 1.17. The molecule has 0 fully saturated rings. The number of carbonyl (C=O) groups is 1. The van der Waals surface area contributed by atoms with Crippen molar-refractivity contribution >= 4 is 5.97 Å². The summed E-state index contributed by atoms with van der Waals surface area (Å²) in [4.78, 5) is 12.8. The van der Waals surface area contributed by atoms with E-state index in [1.54, 1.807) is 19.3 Å². The van der Waals surface area contributed by atoms with Crippen molar-refractivity contribution in [2.24, 2.45) is 0 Å². The lowest BCUT2D eigenvalue weighted by Crippen LogP contribution is -1.78. The number of aromatic nitrogens is 1. The highest BCUT2D eigenvalue weighted by Gasteiger charge is 1.65. The first kappa shape index (κ1) is 14.1. The van der Waals surface area contributed by atoms with E-state index in [4.69, 9.17) is 15.0 Å². The third-order valence-electron chi connectivity index (χ3n) is 0.566. The van der Waals surface area contributed by atoms with Crippen LogP contribution in [0.5, 0.6) is 0 Å². The molecule has 4 nitrogen and oxygen atoms in total. The van der Waals surface area contributed by atoms with Gasteiger partial charge in [-0.05, 0) is 19.1 Å². The lowest BCUT2D eigenvalue weighted by Gasteiger charge is -1.70. The molecule has 1 rings (SSSR count). The molecular weight excluding hydrogens is 170 g/mol. The van der Waals surface area contributed by atoms with Crippen molar-refractivity contribution < 1.29 is 15.0 Å². The topological polar surface area (TPSA) is 70.4 Å². The molecule has 0 aromatic carbocycles. The zero-order valence-electron chi connectivity index (χ0n) is 7.84. The zero-order chi connectivity index (χ0) is 10.5. The molecule has 0 aliphatic carbocycles. The van der Waals surface area contributed by atoms with Gasteiger partial charge in [-0.3, -0.25) is 9.78 Å². The van der Waals surface area contributed by atoms with Gasteiger partial charge < -0.3 is 10.2 Å². The van der Waals surface area contributed by atoms with Crippen molar-refractivity contribution in [3.63, 3.8) is 0 Å². The third kappa shape index (κ3) is 37.1.